The zero-order chi connectivity index (χ0) is 39.8. The van der Waals surface area contributed by atoms with Crippen molar-refractivity contribution in [3.63, 3.8) is 0 Å². The fraction of sp³-hybridized carbons (Fsp3) is 0.360. The van der Waals surface area contributed by atoms with Crippen LogP contribution in [-0.2, 0) is 0 Å². The average molecular weight is 801 g/mol. The van der Waals surface area contributed by atoms with E-state index in [0.29, 0.717) is 0 Å². The van der Waals surface area contributed by atoms with Crippen LogP contribution in [0.5, 0.6) is 0 Å². The second-order valence-corrected chi connectivity index (χ2v) is 17.3. The second-order valence-electron chi connectivity index (χ2n) is 16.2. The van der Waals surface area contributed by atoms with E-state index < -0.39 is 0 Å². The minimum Gasteiger partial charge on any atom is -0.324 e. The minimum absolute atomic E-state index is 0.740. The zero-order valence-electron chi connectivity index (χ0n) is 34.4. The van der Waals surface area contributed by atoms with Gasteiger partial charge in [0, 0.05) is 48.0 Å². The Morgan fingerprint density at radius 3 is 1.17 bits per heavy atom. The monoisotopic (exact) mass is 800 g/mol. The van der Waals surface area contributed by atoms with Gasteiger partial charge >= 0.3 is 0 Å². The maximum atomic E-state index is 5.36. The largest absolute Gasteiger partial charge is 0.324 e. The molecule has 302 valence electrons. The number of nitrogens with one attached hydrogen (secondary N) is 4. The number of hydrogen-bond acceptors (Lipinski definition) is 5. The first kappa shape index (κ1) is 39.1. The highest BCUT2D eigenvalue weighted by Crippen LogP contribution is 2.40. The van der Waals surface area contributed by atoms with Crippen molar-refractivity contribution in [1.29, 1.82) is 0 Å². The molecule has 1 aliphatic rings. The van der Waals surface area contributed by atoms with Crippen LogP contribution in [0.2, 0.25) is 0 Å². The van der Waals surface area contributed by atoms with Crippen molar-refractivity contribution in [3.8, 4) is 0 Å². The van der Waals surface area contributed by atoms with E-state index in [1.165, 1.54) is 108 Å². The summed E-state index contributed by atoms with van der Waals surface area (Å²) in [5, 5.41) is 8.16. The van der Waals surface area contributed by atoms with Gasteiger partial charge in [0.1, 0.15) is 45.2 Å². The molecule has 0 aliphatic carbocycles. The van der Waals surface area contributed by atoms with Gasteiger partial charge in [0.15, 0.2) is 0 Å². The third-order valence-electron chi connectivity index (χ3n) is 11.9. The van der Waals surface area contributed by atoms with E-state index in [1.807, 2.05) is 30.0 Å². The molecule has 59 heavy (non-hydrogen) atoms. The molecule has 4 aromatic carbocycles. The Hall–Kier alpha value is -5.41. The number of fused-ring (bicyclic) bond motifs is 20. The number of aromatic amines is 4. The summed E-state index contributed by atoms with van der Waals surface area (Å²) in [7, 11) is 0. The molecule has 8 bridgehead atoms. The topological polar surface area (TPSA) is 113 Å². The van der Waals surface area contributed by atoms with E-state index in [-0.39, 0.29) is 0 Å². The normalized spacial score (nSPS) is 12.6. The lowest BCUT2D eigenvalue weighted by molar-refractivity contribution is 0.532. The first-order chi connectivity index (χ1) is 29.2. The summed E-state index contributed by atoms with van der Waals surface area (Å²) in [6, 6.07) is 31.4. The van der Waals surface area contributed by atoms with Crippen LogP contribution in [0.15, 0.2) is 116 Å². The molecule has 0 amide bonds. The van der Waals surface area contributed by atoms with Gasteiger partial charge < -0.3 is 19.9 Å². The Morgan fingerprint density at radius 2 is 0.712 bits per heavy atom. The second kappa shape index (κ2) is 18.7. The number of aromatic nitrogens is 4. The number of rotatable bonds is 18. The van der Waals surface area contributed by atoms with Crippen molar-refractivity contribution in [2.75, 3.05) is 5.75 Å². The van der Waals surface area contributed by atoms with E-state index in [0.717, 1.165) is 94.1 Å². The molecular weight excluding hydrogens is 745 g/mol. The lowest BCUT2D eigenvalue weighted by Crippen LogP contribution is -2.10. The van der Waals surface area contributed by atoms with E-state index >= 15 is 0 Å². The highest BCUT2D eigenvalue weighted by Gasteiger charge is 2.17. The van der Waals surface area contributed by atoms with Gasteiger partial charge in [0.05, 0.1) is 0 Å². The smallest absolute Gasteiger partial charge is 0.143 e. The van der Waals surface area contributed by atoms with Crippen LogP contribution in [0.1, 0.15) is 110 Å². The molecule has 0 saturated heterocycles. The lowest BCUT2D eigenvalue weighted by atomic mass is 10.0. The SMILES string of the molecule is CCCCCCCCCCCCCCCCCCSc1cccc2c3[nH]c(c12)N=c1[nH]c(c2ccccc12)=Nc1[nH]c(c2ccccc12)N=c1[nH]c(c2ccccc12)=N3. The van der Waals surface area contributed by atoms with Gasteiger partial charge in [-0.15, -0.1) is 11.8 Å². The Morgan fingerprint density at radius 1 is 0.356 bits per heavy atom. The van der Waals surface area contributed by atoms with E-state index in [2.05, 4.69) is 99.7 Å². The lowest BCUT2D eigenvalue weighted by Gasteiger charge is -2.05. The standard InChI is InChI=1S/C50H56N8S/c1-2-3-4-5-6-7-8-9-10-11-12-13-14-15-16-23-33-59-41-32-24-31-40-42(41)50-57-48-39-30-22-21-29-38(39)46(55-48)53-44-35-26-18-17-25-34(35)43(51-44)52-45-36-27-19-20-28-37(36)47(54-45)56-49(40)58-50/h17-22,24-32H,2-16,23,33H2,1H3,(H4,51,52,53,54,55,56,57,58). The fourth-order valence-electron chi connectivity index (χ4n) is 8.74. The maximum absolute atomic E-state index is 5.36. The van der Waals surface area contributed by atoms with Crippen molar-refractivity contribution in [3.05, 3.63) is 113 Å². The van der Waals surface area contributed by atoms with Crippen molar-refractivity contribution in [2.45, 2.75) is 115 Å². The van der Waals surface area contributed by atoms with Gasteiger partial charge in [-0.1, -0.05) is 188 Å². The molecule has 1 aliphatic heterocycles. The van der Waals surface area contributed by atoms with E-state index in [9.17, 15) is 0 Å². The molecule has 9 rings (SSSR count). The molecule has 8 aromatic rings. The number of unbranched alkanes of at least 4 members (excludes halogenated alkanes) is 15. The predicted octanol–water partition coefficient (Wildman–Crippen LogP) is 13.1. The first-order valence-electron chi connectivity index (χ1n) is 22.2. The number of nitrogens with zero attached hydrogens (tertiary/aromatic N) is 4. The van der Waals surface area contributed by atoms with Gasteiger partial charge in [0.25, 0.3) is 0 Å². The Balaban J connectivity index is 0.978. The molecule has 8 nitrogen and oxygen atoms in total. The Labute approximate surface area is 349 Å². The number of benzene rings is 4. The van der Waals surface area contributed by atoms with Crippen molar-refractivity contribution in [1.82, 2.24) is 19.9 Å². The minimum atomic E-state index is 0.740. The summed E-state index contributed by atoms with van der Waals surface area (Å²) in [4.78, 5) is 36.7. The first-order valence-corrected chi connectivity index (χ1v) is 23.2. The molecule has 0 saturated carbocycles. The number of hydrogen-bond donors (Lipinski definition) is 4. The molecule has 4 N–H and O–H groups in total. The van der Waals surface area contributed by atoms with Gasteiger partial charge in [-0.05, 0) is 18.2 Å². The summed E-state index contributed by atoms with van der Waals surface area (Å²) < 4.78 is 0. The summed E-state index contributed by atoms with van der Waals surface area (Å²) >= 11 is 1.93. The van der Waals surface area contributed by atoms with E-state index in [4.69, 9.17) is 20.0 Å². The van der Waals surface area contributed by atoms with Crippen LogP contribution >= 0.6 is 11.8 Å². The number of thioether (sulfide) groups is 1. The van der Waals surface area contributed by atoms with Crippen LogP contribution in [-0.4, -0.2) is 25.7 Å². The molecule has 0 atom stereocenters. The third-order valence-corrected chi connectivity index (χ3v) is 13.1. The zero-order valence-corrected chi connectivity index (χ0v) is 35.2. The summed E-state index contributed by atoms with van der Waals surface area (Å²) in [5.41, 5.74) is 3.00. The molecule has 5 heterocycles. The van der Waals surface area contributed by atoms with Crippen molar-refractivity contribution < 1.29 is 0 Å². The van der Waals surface area contributed by atoms with Gasteiger partial charge in [-0.3, -0.25) is 0 Å². The summed E-state index contributed by atoms with van der Waals surface area (Å²) in [6.07, 6.45) is 22.1. The molecule has 0 fully saturated rings. The van der Waals surface area contributed by atoms with E-state index in [1.54, 1.807) is 0 Å². The highest BCUT2D eigenvalue weighted by molar-refractivity contribution is 7.99. The molecule has 0 radical (unpaired) electrons. The maximum Gasteiger partial charge on any atom is 0.143 e. The molecule has 4 aromatic heterocycles. The molecule has 0 spiro atoms. The molecule has 0 unspecified atom stereocenters. The van der Waals surface area contributed by atoms with Crippen LogP contribution in [0.25, 0.3) is 43.1 Å². The van der Waals surface area contributed by atoms with Crippen LogP contribution in [0, 0.1) is 0 Å². The van der Waals surface area contributed by atoms with Crippen molar-refractivity contribution in [2.24, 2.45) is 20.0 Å². The third kappa shape index (κ3) is 8.67. The summed E-state index contributed by atoms with van der Waals surface area (Å²) in [6.45, 7) is 2.30. The number of H-pyrrole nitrogens is 4. The Bertz CT molecular complexity index is 2940. The average Bonchev–Trinajstić information content (AvgIpc) is 4.01. The van der Waals surface area contributed by atoms with Crippen LogP contribution in [0.3, 0.4) is 0 Å². The quantitative estimate of drug-likeness (QED) is 0.0502. The Kier molecular flexibility index (Phi) is 12.4. The summed E-state index contributed by atoms with van der Waals surface area (Å²) in [5.74, 6) is 4.10. The van der Waals surface area contributed by atoms with Crippen LogP contribution in [0.4, 0.5) is 23.3 Å². The van der Waals surface area contributed by atoms with Gasteiger partial charge in [-0.25, -0.2) is 20.0 Å². The fourth-order valence-corrected chi connectivity index (χ4v) is 9.84. The molecular formula is C50H56N8S. The highest BCUT2D eigenvalue weighted by atomic mass is 32.2. The molecule has 9 heteroatoms. The predicted molar refractivity (Wildman–Crippen MR) is 247 cm³/mol. The van der Waals surface area contributed by atoms with Gasteiger partial charge in [-0.2, -0.15) is 0 Å². The van der Waals surface area contributed by atoms with Gasteiger partial charge in [0.2, 0.25) is 0 Å². The van der Waals surface area contributed by atoms with Crippen molar-refractivity contribution >= 4 is 78.1 Å². The van der Waals surface area contributed by atoms with Crippen LogP contribution < -0.4 is 22.0 Å².